The lowest BCUT2D eigenvalue weighted by Crippen LogP contribution is -2.44. The third-order valence-electron chi connectivity index (χ3n) is 4.83. The van der Waals surface area contributed by atoms with Crippen LogP contribution in [0.4, 0.5) is 0 Å². The Morgan fingerprint density at radius 1 is 1.24 bits per heavy atom. The van der Waals surface area contributed by atoms with Gasteiger partial charge in [-0.1, -0.05) is 23.4 Å². The zero-order valence-electron chi connectivity index (χ0n) is 14.7. The molecular weight excluding hydrogens is 316 g/mol. The van der Waals surface area contributed by atoms with Crippen LogP contribution < -0.4 is 5.32 Å². The molecule has 0 aliphatic carbocycles. The van der Waals surface area contributed by atoms with Gasteiger partial charge >= 0.3 is 0 Å². The first-order valence-corrected chi connectivity index (χ1v) is 8.50. The quantitative estimate of drug-likeness (QED) is 0.789. The van der Waals surface area contributed by atoms with E-state index in [-0.39, 0.29) is 6.04 Å². The summed E-state index contributed by atoms with van der Waals surface area (Å²) in [6.07, 6.45) is 1.79. The van der Waals surface area contributed by atoms with E-state index in [1.807, 2.05) is 23.7 Å². The summed E-state index contributed by atoms with van der Waals surface area (Å²) in [5.41, 5.74) is 4.08. The minimum Gasteiger partial charge on any atom is -0.334 e. The maximum absolute atomic E-state index is 5.54. The number of benzene rings is 1. The number of hydrogen-bond donors (Lipinski definition) is 1. The molecule has 0 spiro atoms. The Labute approximate surface area is 146 Å². The fraction of sp³-hybridized carbons (Fsp3) is 0.389. The Morgan fingerprint density at radius 2 is 2.08 bits per heavy atom. The summed E-state index contributed by atoms with van der Waals surface area (Å²) >= 11 is 0. The topological polar surface area (TPSA) is 72.0 Å². The van der Waals surface area contributed by atoms with Gasteiger partial charge in [0, 0.05) is 19.6 Å². The van der Waals surface area contributed by atoms with Crippen molar-refractivity contribution in [2.45, 2.75) is 19.9 Å². The number of rotatable bonds is 3. The predicted molar refractivity (Wildman–Crippen MR) is 94.6 cm³/mol. The van der Waals surface area contributed by atoms with Crippen LogP contribution in [0.3, 0.4) is 0 Å². The van der Waals surface area contributed by atoms with Crippen molar-refractivity contribution in [3.8, 4) is 17.1 Å². The van der Waals surface area contributed by atoms with Crippen LogP contribution in [0, 0.1) is 13.8 Å². The zero-order chi connectivity index (χ0) is 17.4. The summed E-state index contributed by atoms with van der Waals surface area (Å²) in [5, 5.41) is 12.1. The standard InChI is InChI=1S/C18H22N6O/c1-12-6-4-5-7-15(12)24-13(2)14(10-20-24)18-21-17(22-25-18)16-11-19-8-9-23(16)3/h4-7,10,16,19H,8-9,11H2,1-3H3. The van der Waals surface area contributed by atoms with Crippen molar-refractivity contribution in [1.82, 2.24) is 30.1 Å². The van der Waals surface area contributed by atoms with Gasteiger partial charge in [0.2, 0.25) is 0 Å². The summed E-state index contributed by atoms with van der Waals surface area (Å²) < 4.78 is 7.46. The molecule has 25 heavy (non-hydrogen) atoms. The van der Waals surface area contributed by atoms with Crippen molar-refractivity contribution in [2.75, 3.05) is 26.7 Å². The number of nitrogens with one attached hydrogen (secondary N) is 1. The Hall–Kier alpha value is -2.51. The number of piperazine rings is 1. The van der Waals surface area contributed by atoms with Crippen LogP contribution >= 0.6 is 0 Å². The van der Waals surface area contributed by atoms with Crippen LogP contribution in [0.15, 0.2) is 35.0 Å². The van der Waals surface area contributed by atoms with Crippen molar-refractivity contribution in [1.29, 1.82) is 0 Å². The molecule has 0 amide bonds. The largest absolute Gasteiger partial charge is 0.334 e. The van der Waals surface area contributed by atoms with E-state index in [4.69, 9.17) is 4.52 Å². The molecular formula is C18H22N6O. The first-order valence-electron chi connectivity index (χ1n) is 8.50. The molecule has 0 saturated carbocycles. The first-order chi connectivity index (χ1) is 12.1. The van der Waals surface area contributed by atoms with Crippen molar-refractivity contribution in [3.05, 3.63) is 47.5 Å². The molecule has 1 fully saturated rings. The number of nitrogens with zero attached hydrogens (tertiary/aromatic N) is 5. The van der Waals surface area contributed by atoms with Gasteiger partial charge in [0.1, 0.15) is 0 Å². The van der Waals surface area contributed by atoms with E-state index < -0.39 is 0 Å². The lowest BCUT2D eigenvalue weighted by Gasteiger charge is -2.30. The van der Waals surface area contributed by atoms with Crippen molar-refractivity contribution < 1.29 is 4.52 Å². The van der Waals surface area contributed by atoms with Crippen molar-refractivity contribution in [3.63, 3.8) is 0 Å². The van der Waals surface area contributed by atoms with E-state index in [0.29, 0.717) is 11.7 Å². The Morgan fingerprint density at radius 3 is 2.88 bits per heavy atom. The lowest BCUT2D eigenvalue weighted by molar-refractivity contribution is 0.190. The van der Waals surface area contributed by atoms with Crippen LogP contribution in [0.5, 0.6) is 0 Å². The van der Waals surface area contributed by atoms with Gasteiger partial charge in [-0.05, 0) is 32.5 Å². The zero-order valence-corrected chi connectivity index (χ0v) is 14.7. The number of para-hydroxylation sites is 1. The number of likely N-dealkylation sites (N-methyl/N-ethyl adjacent to an activating group) is 1. The molecule has 1 saturated heterocycles. The molecule has 2 aromatic heterocycles. The van der Waals surface area contributed by atoms with Gasteiger partial charge in [0.05, 0.1) is 29.2 Å². The molecule has 0 bridgehead atoms. The Balaban J connectivity index is 1.67. The smallest absolute Gasteiger partial charge is 0.261 e. The predicted octanol–water partition coefficient (Wildman–Crippen LogP) is 2.12. The second-order valence-corrected chi connectivity index (χ2v) is 6.50. The highest BCUT2D eigenvalue weighted by atomic mass is 16.5. The van der Waals surface area contributed by atoms with E-state index >= 15 is 0 Å². The summed E-state index contributed by atoms with van der Waals surface area (Å²) in [6.45, 7) is 6.88. The highest BCUT2D eigenvalue weighted by Gasteiger charge is 2.26. The van der Waals surface area contributed by atoms with Crippen LogP contribution in [-0.4, -0.2) is 51.5 Å². The molecule has 1 atom stereocenters. The maximum Gasteiger partial charge on any atom is 0.261 e. The number of aromatic nitrogens is 4. The molecule has 7 heteroatoms. The van der Waals surface area contributed by atoms with Crippen LogP contribution in [0.2, 0.25) is 0 Å². The summed E-state index contributed by atoms with van der Waals surface area (Å²) in [6, 6.07) is 8.31. The van der Waals surface area contributed by atoms with E-state index in [0.717, 1.165) is 36.6 Å². The molecule has 7 nitrogen and oxygen atoms in total. The van der Waals surface area contributed by atoms with Gasteiger partial charge in [-0.3, -0.25) is 4.90 Å². The van der Waals surface area contributed by atoms with Gasteiger partial charge in [-0.25, -0.2) is 4.68 Å². The van der Waals surface area contributed by atoms with Crippen LogP contribution in [0.25, 0.3) is 17.1 Å². The van der Waals surface area contributed by atoms with Crippen molar-refractivity contribution >= 4 is 0 Å². The molecule has 130 valence electrons. The summed E-state index contributed by atoms with van der Waals surface area (Å²) in [4.78, 5) is 6.88. The van der Waals surface area contributed by atoms with Crippen molar-refractivity contribution in [2.24, 2.45) is 0 Å². The molecule has 1 aliphatic heterocycles. The van der Waals surface area contributed by atoms with Gasteiger partial charge in [0.25, 0.3) is 5.89 Å². The number of hydrogen-bond acceptors (Lipinski definition) is 6. The normalized spacial score (nSPS) is 18.6. The van der Waals surface area contributed by atoms with Crippen LogP contribution in [0.1, 0.15) is 23.1 Å². The molecule has 3 aromatic rings. The summed E-state index contributed by atoms with van der Waals surface area (Å²) in [7, 11) is 2.09. The minimum absolute atomic E-state index is 0.137. The highest BCUT2D eigenvalue weighted by molar-refractivity contribution is 5.57. The van der Waals surface area contributed by atoms with Gasteiger partial charge in [-0.15, -0.1) is 0 Å². The van der Waals surface area contributed by atoms with Crippen LogP contribution in [-0.2, 0) is 0 Å². The average Bonchev–Trinajstić information content (AvgIpc) is 3.23. The second kappa shape index (κ2) is 6.42. The third kappa shape index (κ3) is 2.85. The first kappa shape index (κ1) is 16.0. The van der Waals surface area contributed by atoms with Gasteiger partial charge < -0.3 is 9.84 Å². The molecule has 1 unspecified atom stereocenters. The highest BCUT2D eigenvalue weighted by Crippen LogP contribution is 2.27. The van der Waals surface area contributed by atoms with Gasteiger partial charge in [-0.2, -0.15) is 10.1 Å². The number of aryl methyl sites for hydroxylation is 1. The molecule has 1 N–H and O–H groups in total. The summed E-state index contributed by atoms with van der Waals surface area (Å²) in [5.74, 6) is 1.24. The average molecular weight is 338 g/mol. The monoisotopic (exact) mass is 338 g/mol. The lowest BCUT2D eigenvalue weighted by atomic mass is 10.2. The Kier molecular flexibility index (Phi) is 4.10. The SMILES string of the molecule is Cc1ccccc1-n1ncc(-c2nc(C3CNCCN3C)no2)c1C. The molecule has 1 aromatic carbocycles. The third-order valence-corrected chi connectivity index (χ3v) is 4.83. The van der Waals surface area contributed by atoms with E-state index in [9.17, 15) is 0 Å². The fourth-order valence-corrected chi connectivity index (χ4v) is 3.24. The molecule has 3 heterocycles. The molecule has 4 rings (SSSR count). The minimum atomic E-state index is 0.137. The Bertz CT molecular complexity index is 883. The molecule has 1 aliphatic rings. The molecule has 0 radical (unpaired) electrons. The van der Waals surface area contributed by atoms with E-state index in [1.165, 1.54) is 5.56 Å². The van der Waals surface area contributed by atoms with E-state index in [1.54, 1.807) is 6.20 Å². The van der Waals surface area contributed by atoms with Gasteiger partial charge in [0.15, 0.2) is 5.82 Å². The fourth-order valence-electron chi connectivity index (χ4n) is 3.24. The second-order valence-electron chi connectivity index (χ2n) is 6.50. The van der Waals surface area contributed by atoms with E-state index in [2.05, 4.69) is 51.6 Å². The maximum atomic E-state index is 5.54.